The van der Waals surface area contributed by atoms with E-state index in [2.05, 4.69) is 15.2 Å². The molecule has 1 fully saturated rings. The molecule has 0 unspecified atom stereocenters. The molecule has 0 atom stereocenters. The fraction of sp³-hybridized carbons (Fsp3) is 0.471. The molecule has 1 aliphatic heterocycles. The van der Waals surface area contributed by atoms with Crippen molar-refractivity contribution in [2.24, 2.45) is 0 Å². The summed E-state index contributed by atoms with van der Waals surface area (Å²) in [4.78, 5) is 30.8. The van der Waals surface area contributed by atoms with Crippen molar-refractivity contribution < 1.29 is 13.2 Å². The second-order valence-corrected chi connectivity index (χ2v) is 8.53. The number of rotatable bonds is 6. The number of piperazine rings is 1. The lowest BCUT2D eigenvalue weighted by Crippen LogP contribution is -2.50. The van der Waals surface area contributed by atoms with Gasteiger partial charge in [-0.15, -0.1) is 0 Å². The number of hydrogen-bond acceptors (Lipinski definition) is 6. The van der Waals surface area contributed by atoms with Gasteiger partial charge < -0.3 is 5.32 Å². The summed E-state index contributed by atoms with van der Waals surface area (Å²) in [6, 6.07) is 7.01. The van der Waals surface area contributed by atoms with E-state index in [4.69, 9.17) is 0 Å². The second kappa shape index (κ2) is 8.15. The van der Waals surface area contributed by atoms with Gasteiger partial charge in [-0.05, 0) is 12.1 Å². The van der Waals surface area contributed by atoms with E-state index in [0.717, 1.165) is 0 Å². The monoisotopic (exact) mass is 393 g/mol. The molecule has 0 radical (unpaired) electrons. The average molecular weight is 393 g/mol. The first kappa shape index (κ1) is 19.5. The van der Waals surface area contributed by atoms with Gasteiger partial charge >= 0.3 is 0 Å². The van der Waals surface area contributed by atoms with Crippen LogP contribution in [-0.2, 0) is 21.4 Å². The summed E-state index contributed by atoms with van der Waals surface area (Å²) in [7, 11) is -3.14. The topological polar surface area (TPSA) is 105 Å². The lowest BCUT2D eigenvalue weighted by molar-refractivity contribution is -0.121. The van der Waals surface area contributed by atoms with E-state index in [-0.39, 0.29) is 18.0 Å². The number of amides is 1. The molecule has 0 aliphatic carbocycles. The molecule has 2 heterocycles. The second-order valence-electron chi connectivity index (χ2n) is 6.55. The Labute approximate surface area is 157 Å². The SMILES string of the molecule is CS(=O)(=O)N1CCN(CCNC(=O)Cn2cnc3ccccc3c2=O)CC1. The predicted octanol–water partition coefficient (Wildman–Crippen LogP) is -0.910. The fourth-order valence-corrected chi connectivity index (χ4v) is 3.89. The van der Waals surface area contributed by atoms with Crippen molar-refractivity contribution in [3.05, 3.63) is 40.9 Å². The van der Waals surface area contributed by atoms with Crippen molar-refractivity contribution in [2.45, 2.75) is 6.54 Å². The Morgan fingerprint density at radius 3 is 2.59 bits per heavy atom. The third kappa shape index (κ3) is 4.90. The highest BCUT2D eigenvalue weighted by Crippen LogP contribution is 2.06. The van der Waals surface area contributed by atoms with Crippen LogP contribution in [0.3, 0.4) is 0 Å². The molecule has 1 N–H and O–H groups in total. The maximum absolute atomic E-state index is 12.4. The zero-order valence-corrected chi connectivity index (χ0v) is 16.0. The van der Waals surface area contributed by atoms with Crippen molar-refractivity contribution >= 4 is 26.8 Å². The lowest BCUT2D eigenvalue weighted by Gasteiger charge is -2.33. The minimum Gasteiger partial charge on any atom is -0.353 e. The number of sulfonamides is 1. The van der Waals surface area contributed by atoms with Crippen molar-refractivity contribution in [1.29, 1.82) is 0 Å². The predicted molar refractivity (Wildman–Crippen MR) is 102 cm³/mol. The smallest absolute Gasteiger partial charge is 0.261 e. The number of para-hydroxylation sites is 1. The van der Waals surface area contributed by atoms with E-state index in [1.165, 1.54) is 21.5 Å². The zero-order valence-electron chi connectivity index (χ0n) is 15.2. The Morgan fingerprint density at radius 1 is 1.19 bits per heavy atom. The number of nitrogens with zero attached hydrogens (tertiary/aromatic N) is 4. The third-order valence-corrected chi connectivity index (χ3v) is 5.90. The lowest BCUT2D eigenvalue weighted by atomic mass is 10.2. The van der Waals surface area contributed by atoms with E-state index >= 15 is 0 Å². The number of nitrogens with one attached hydrogen (secondary N) is 1. The van der Waals surface area contributed by atoms with Gasteiger partial charge in [-0.25, -0.2) is 13.4 Å². The van der Waals surface area contributed by atoms with Gasteiger partial charge in [0.25, 0.3) is 5.56 Å². The minimum atomic E-state index is -3.14. The van der Waals surface area contributed by atoms with Gasteiger partial charge in [0.1, 0.15) is 6.54 Å². The first-order chi connectivity index (χ1) is 12.8. The molecule has 1 aromatic heterocycles. The summed E-state index contributed by atoms with van der Waals surface area (Å²) < 4.78 is 25.7. The van der Waals surface area contributed by atoms with Crippen LogP contribution in [0, 0.1) is 0 Å². The number of fused-ring (bicyclic) bond motifs is 1. The van der Waals surface area contributed by atoms with Crippen LogP contribution in [0.2, 0.25) is 0 Å². The molecule has 3 rings (SSSR count). The molecule has 1 amide bonds. The van der Waals surface area contributed by atoms with Gasteiger partial charge in [0.15, 0.2) is 0 Å². The van der Waals surface area contributed by atoms with Gasteiger partial charge in [0.05, 0.1) is 23.5 Å². The van der Waals surface area contributed by atoms with Crippen LogP contribution >= 0.6 is 0 Å². The highest BCUT2D eigenvalue weighted by atomic mass is 32.2. The molecular weight excluding hydrogens is 370 g/mol. The van der Waals surface area contributed by atoms with E-state index < -0.39 is 10.0 Å². The quantitative estimate of drug-likeness (QED) is 0.681. The molecule has 0 spiro atoms. The molecule has 27 heavy (non-hydrogen) atoms. The van der Waals surface area contributed by atoms with Crippen molar-refractivity contribution in [3.8, 4) is 0 Å². The first-order valence-electron chi connectivity index (χ1n) is 8.73. The van der Waals surface area contributed by atoms with E-state index in [1.807, 2.05) is 6.07 Å². The van der Waals surface area contributed by atoms with Crippen molar-refractivity contribution in [3.63, 3.8) is 0 Å². The third-order valence-electron chi connectivity index (χ3n) is 4.60. The number of carbonyl (C=O) groups excluding carboxylic acids is 1. The maximum Gasteiger partial charge on any atom is 0.261 e. The summed E-state index contributed by atoms with van der Waals surface area (Å²) >= 11 is 0. The minimum absolute atomic E-state index is 0.0848. The van der Waals surface area contributed by atoms with E-state index in [9.17, 15) is 18.0 Å². The normalized spacial score (nSPS) is 16.5. The molecule has 0 saturated carbocycles. The fourth-order valence-electron chi connectivity index (χ4n) is 3.07. The Balaban J connectivity index is 1.47. The van der Waals surface area contributed by atoms with Gasteiger partial charge in [-0.3, -0.25) is 19.1 Å². The summed E-state index contributed by atoms with van der Waals surface area (Å²) in [5, 5.41) is 3.28. The summed E-state index contributed by atoms with van der Waals surface area (Å²) in [5.41, 5.74) is 0.361. The summed E-state index contributed by atoms with van der Waals surface area (Å²) in [6.45, 7) is 3.18. The molecule has 0 bridgehead atoms. The number of aromatic nitrogens is 2. The highest BCUT2D eigenvalue weighted by Gasteiger charge is 2.22. The van der Waals surface area contributed by atoms with Crippen LogP contribution in [0.1, 0.15) is 0 Å². The van der Waals surface area contributed by atoms with E-state index in [1.54, 1.807) is 18.2 Å². The van der Waals surface area contributed by atoms with Gasteiger partial charge in [0.2, 0.25) is 15.9 Å². The Morgan fingerprint density at radius 2 is 1.89 bits per heavy atom. The van der Waals surface area contributed by atoms with Crippen LogP contribution in [0.25, 0.3) is 10.9 Å². The first-order valence-corrected chi connectivity index (χ1v) is 10.6. The zero-order chi connectivity index (χ0) is 19.4. The molecule has 2 aromatic rings. The van der Waals surface area contributed by atoms with Crippen LogP contribution in [0.4, 0.5) is 0 Å². The molecule has 1 aromatic carbocycles. The molecule has 9 nitrogen and oxygen atoms in total. The van der Waals surface area contributed by atoms with Crippen LogP contribution < -0.4 is 10.9 Å². The molecule has 146 valence electrons. The molecule has 10 heteroatoms. The Hall–Kier alpha value is -2.30. The number of carbonyl (C=O) groups is 1. The largest absolute Gasteiger partial charge is 0.353 e. The number of benzene rings is 1. The summed E-state index contributed by atoms with van der Waals surface area (Å²) in [6.07, 6.45) is 2.60. The van der Waals surface area contributed by atoms with Gasteiger partial charge in [-0.1, -0.05) is 12.1 Å². The highest BCUT2D eigenvalue weighted by molar-refractivity contribution is 7.88. The van der Waals surface area contributed by atoms with Crippen molar-refractivity contribution in [2.75, 3.05) is 45.5 Å². The Bertz CT molecular complexity index is 980. The standard InChI is InChI=1S/C17H23N5O4S/c1-27(25,26)22-10-8-20(9-11-22)7-6-18-16(23)12-21-13-19-15-5-3-2-4-14(15)17(21)24/h2-5,13H,6-12H2,1H3,(H,18,23). The van der Waals surface area contributed by atoms with Gasteiger partial charge in [-0.2, -0.15) is 4.31 Å². The average Bonchev–Trinajstić information content (AvgIpc) is 2.64. The van der Waals surface area contributed by atoms with Crippen LogP contribution in [-0.4, -0.2) is 78.6 Å². The molecule has 1 saturated heterocycles. The number of hydrogen-bond donors (Lipinski definition) is 1. The van der Waals surface area contributed by atoms with E-state index in [0.29, 0.717) is 50.2 Å². The van der Waals surface area contributed by atoms with Crippen LogP contribution in [0.15, 0.2) is 35.4 Å². The summed E-state index contributed by atoms with van der Waals surface area (Å²) in [5.74, 6) is -0.260. The Kier molecular flexibility index (Phi) is 5.88. The molecule has 1 aliphatic rings. The molecular formula is C17H23N5O4S. The van der Waals surface area contributed by atoms with Gasteiger partial charge in [0, 0.05) is 39.3 Å². The van der Waals surface area contributed by atoms with Crippen LogP contribution in [0.5, 0.6) is 0 Å². The van der Waals surface area contributed by atoms with Crippen molar-refractivity contribution in [1.82, 2.24) is 24.1 Å². The maximum atomic E-state index is 12.4.